The highest BCUT2D eigenvalue weighted by Gasteiger charge is 2.18. The van der Waals surface area contributed by atoms with Crippen LogP contribution in [0.5, 0.6) is 5.75 Å². The second kappa shape index (κ2) is 11.0. The zero-order valence-electron chi connectivity index (χ0n) is 23.8. The van der Waals surface area contributed by atoms with Gasteiger partial charge in [-0.05, 0) is 85.7 Å². The number of carboxylic acids is 1. The molecule has 6 heteroatoms. The maximum atomic E-state index is 13.2. The van der Waals surface area contributed by atoms with Crippen LogP contribution in [-0.4, -0.2) is 27.7 Å². The van der Waals surface area contributed by atoms with E-state index in [4.69, 9.17) is 9.84 Å². The van der Waals surface area contributed by atoms with Crippen molar-refractivity contribution < 1.29 is 19.4 Å². The van der Waals surface area contributed by atoms with Crippen molar-refractivity contribution in [2.24, 2.45) is 0 Å². The number of carboxylic acid groups (broad SMARTS) is 1. The lowest BCUT2D eigenvalue weighted by molar-refractivity contribution is -0.144. The number of rotatable bonds is 8. The number of ether oxygens (including phenoxy) is 1. The van der Waals surface area contributed by atoms with Crippen LogP contribution in [0.1, 0.15) is 79.0 Å². The number of nitrogens with zero attached hydrogens (tertiary/aromatic N) is 1. The maximum absolute atomic E-state index is 13.2. The second-order valence-electron chi connectivity index (χ2n) is 11.3. The molecule has 4 rings (SSSR count). The molecule has 2 N–H and O–H groups in total. The molecule has 2 atom stereocenters. The summed E-state index contributed by atoms with van der Waals surface area (Å²) in [5.41, 5.74) is 7.47. The average Bonchev–Trinajstić information content (AvgIpc) is 3.13. The minimum absolute atomic E-state index is 0.0886. The maximum Gasteiger partial charge on any atom is 0.344 e. The van der Waals surface area contributed by atoms with E-state index in [9.17, 15) is 9.59 Å². The smallest absolute Gasteiger partial charge is 0.344 e. The average molecular weight is 527 g/mol. The van der Waals surface area contributed by atoms with Gasteiger partial charge < -0.3 is 19.7 Å². The summed E-state index contributed by atoms with van der Waals surface area (Å²) in [4.78, 5) is 24.2. The van der Waals surface area contributed by atoms with Gasteiger partial charge in [-0.2, -0.15) is 0 Å². The Morgan fingerprint density at radius 1 is 0.949 bits per heavy atom. The summed E-state index contributed by atoms with van der Waals surface area (Å²) in [5, 5.41) is 13.3. The van der Waals surface area contributed by atoms with Crippen LogP contribution in [0.15, 0.2) is 66.7 Å². The van der Waals surface area contributed by atoms with Crippen molar-refractivity contribution in [3.8, 4) is 5.75 Å². The van der Waals surface area contributed by atoms with E-state index in [2.05, 4.69) is 68.8 Å². The molecule has 39 heavy (non-hydrogen) atoms. The van der Waals surface area contributed by atoms with E-state index in [1.807, 2.05) is 37.3 Å². The van der Waals surface area contributed by atoms with E-state index in [0.29, 0.717) is 17.9 Å². The lowest BCUT2D eigenvalue weighted by atomic mass is 9.86. The van der Waals surface area contributed by atoms with E-state index in [1.165, 1.54) is 12.5 Å². The molecule has 0 bridgehead atoms. The number of carbonyl (C=O) groups excluding carboxylic acids is 1. The van der Waals surface area contributed by atoms with Crippen molar-refractivity contribution >= 4 is 22.8 Å². The van der Waals surface area contributed by atoms with Gasteiger partial charge in [0.05, 0.1) is 6.04 Å². The molecule has 0 aliphatic rings. The first-order valence-electron chi connectivity index (χ1n) is 13.3. The number of carbonyl (C=O) groups is 2. The molecule has 0 saturated carbocycles. The standard InChI is InChI=1S/C33H38N2O4/c1-20-22(3)35(19-24-8-15-28(16-9-24)39-23(4)32(37)38)30-17-12-26(18-29(20)30)31(36)34-21(2)25-10-13-27(14-11-25)33(5,6)7/h8-18,21,23H,19H2,1-7H3,(H,34,36)(H,37,38)/t21-,23+/m0/s1. The van der Waals surface area contributed by atoms with E-state index in [1.54, 1.807) is 12.1 Å². The highest BCUT2D eigenvalue weighted by molar-refractivity contribution is 5.99. The Balaban J connectivity index is 1.51. The number of aromatic nitrogens is 1. The summed E-state index contributed by atoms with van der Waals surface area (Å²) in [6, 6.07) is 21.7. The predicted octanol–water partition coefficient (Wildman–Crippen LogP) is 6.95. The van der Waals surface area contributed by atoms with Gasteiger partial charge in [-0.3, -0.25) is 4.79 Å². The number of hydrogen-bond acceptors (Lipinski definition) is 3. The first kappa shape index (κ1) is 28.0. The number of benzene rings is 3. The first-order chi connectivity index (χ1) is 18.3. The fraction of sp³-hybridized carbons (Fsp3) is 0.333. The molecule has 0 spiro atoms. The third-order valence-corrected chi connectivity index (χ3v) is 7.45. The van der Waals surface area contributed by atoms with Gasteiger partial charge in [0.2, 0.25) is 0 Å². The van der Waals surface area contributed by atoms with Crippen LogP contribution in [0.25, 0.3) is 10.9 Å². The molecule has 1 aromatic heterocycles. The van der Waals surface area contributed by atoms with Crippen molar-refractivity contribution in [2.75, 3.05) is 0 Å². The molecule has 0 aliphatic carbocycles. The fourth-order valence-corrected chi connectivity index (χ4v) is 4.74. The SMILES string of the molecule is Cc1c(C)n(Cc2ccc(O[C@H](C)C(=O)O)cc2)c2ccc(C(=O)N[C@@H](C)c3ccc(C(C)(C)C)cc3)cc12. The number of nitrogens with one attached hydrogen (secondary N) is 1. The fourth-order valence-electron chi connectivity index (χ4n) is 4.74. The molecule has 0 radical (unpaired) electrons. The van der Waals surface area contributed by atoms with Crippen molar-refractivity contribution in [1.29, 1.82) is 0 Å². The monoisotopic (exact) mass is 526 g/mol. The van der Waals surface area contributed by atoms with E-state index in [-0.39, 0.29) is 17.4 Å². The minimum atomic E-state index is -0.999. The third kappa shape index (κ3) is 6.17. The Bertz CT molecular complexity index is 1490. The Kier molecular flexibility index (Phi) is 7.86. The number of amides is 1. The molecule has 1 amide bonds. The lowest BCUT2D eigenvalue weighted by Gasteiger charge is -2.21. The molecule has 0 aliphatic heterocycles. The number of hydrogen-bond donors (Lipinski definition) is 2. The van der Waals surface area contributed by atoms with Gasteiger partial charge >= 0.3 is 5.97 Å². The van der Waals surface area contributed by atoms with Crippen LogP contribution in [0.3, 0.4) is 0 Å². The van der Waals surface area contributed by atoms with Crippen LogP contribution in [0, 0.1) is 13.8 Å². The van der Waals surface area contributed by atoms with Gasteiger partial charge in [0.1, 0.15) is 5.75 Å². The molecule has 0 fully saturated rings. The van der Waals surface area contributed by atoms with Crippen molar-refractivity contribution in [1.82, 2.24) is 9.88 Å². The van der Waals surface area contributed by atoms with E-state index < -0.39 is 12.1 Å². The molecular formula is C33H38N2O4. The van der Waals surface area contributed by atoms with Gasteiger partial charge in [-0.15, -0.1) is 0 Å². The summed E-state index contributed by atoms with van der Waals surface area (Å²) in [7, 11) is 0. The zero-order chi connectivity index (χ0) is 28.5. The summed E-state index contributed by atoms with van der Waals surface area (Å²) in [5.74, 6) is -0.574. The molecular weight excluding hydrogens is 488 g/mol. The summed E-state index contributed by atoms with van der Waals surface area (Å²) in [6.07, 6.45) is -0.905. The van der Waals surface area contributed by atoms with E-state index >= 15 is 0 Å². The van der Waals surface area contributed by atoms with E-state index in [0.717, 1.165) is 33.3 Å². The van der Waals surface area contributed by atoms with Gasteiger partial charge in [0, 0.05) is 28.7 Å². The molecule has 3 aromatic carbocycles. The van der Waals surface area contributed by atoms with Gasteiger partial charge in [0.25, 0.3) is 5.91 Å². The molecule has 6 nitrogen and oxygen atoms in total. The van der Waals surface area contributed by atoms with Crippen LogP contribution < -0.4 is 10.1 Å². The van der Waals surface area contributed by atoms with Crippen molar-refractivity contribution in [2.45, 2.75) is 72.6 Å². The molecule has 4 aromatic rings. The highest BCUT2D eigenvalue weighted by atomic mass is 16.5. The highest BCUT2D eigenvalue weighted by Crippen LogP contribution is 2.28. The Labute approximate surface area is 230 Å². The first-order valence-corrected chi connectivity index (χ1v) is 13.3. The van der Waals surface area contributed by atoms with Crippen LogP contribution >= 0.6 is 0 Å². The Morgan fingerprint density at radius 3 is 2.18 bits per heavy atom. The van der Waals surface area contributed by atoms with Crippen molar-refractivity contribution in [3.63, 3.8) is 0 Å². The topological polar surface area (TPSA) is 80.6 Å². The quantitative estimate of drug-likeness (QED) is 0.260. The lowest BCUT2D eigenvalue weighted by Crippen LogP contribution is -2.26. The summed E-state index contributed by atoms with van der Waals surface area (Å²) in [6.45, 7) is 14.9. The van der Waals surface area contributed by atoms with Crippen LogP contribution in [-0.2, 0) is 16.8 Å². The van der Waals surface area contributed by atoms with Gasteiger partial charge in [-0.1, -0.05) is 57.2 Å². The summed E-state index contributed by atoms with van der Waals surface area (Å²) < 4.78 is 7.68. The minimum Gasteiger partial charge on any atom is -0.479 e. The zero-order valence-corrected chi connectivity index (χ0v) is 23.8. The third-order valence-electron chi connectivity index (χ3n) is 7.45. The largest absolute Gasteiger partial charge is 0.479 e. The molecule has 1 heterocycles. The second-order valence-corrected chi connectivity index (χ2v) is 11.3. The van der Waals surface area contributed by atoms with Gasteiger partial charge in [-0.25, -0.2) is 4.79 Å². The summed E-state index contributed by atoms with van der Waals surface area (Å²) >= 11 is 0. The normalized spacial score (nSPS) is 13.2. The number of aryl methyl sites for hydroxylation is 1. The number of fused-ring (bicyclic) bond motifs is 1. The van der Waals surface area contributed by atoms with Crippen LogP contribution in [0.2, 0.25) is 0 Å². The molecule has 0 saturated heterocycles. The van der Waals surface area contributed by atoms with Gasteiger partial charge in [0.15, 0.2) is 6.10 Å². The molecule has 0 unspecified atom stereocenters. The number of aliphatic carboxylic acids is 1. The Morgan fingerprint density at radius 2 is 1.59 bits per heavy atom. The van der Waals surface area contributed by atoms with Crippen LogP contribution in [0.4, 0.5) is 0 Å². The predicted molar refractivity (Wildman–Crippen MR) is 156 cm³/mol. The molecule has 204 valence electrons. The van der Waals surface area contributed by atoms with Crippen molar-refractivity contribution in [3.05, 3.63) is 100 Å². The Hall–Kier alpha value is -4.06.